The summed E-state index contributed by atoms with van der Waals surface area (Å²) in [6.07, 6.45) is 4.44. The maximum atomic E-state index is 5.71. The van der Waals surface area contributed by atoms with Crippen LogP contribution < -0.4 is 5.73 Å². The molecular formula is C10H18N4. The fourth-order valence-electron chi connectivity index (χ4n) is 1.53. The molecule has 0 aromatic carbocycles. The SMILES string of the molecule is CC(N)CCc1nc(C2CC2)nn1C. The van der Waals surface area contributed by atoms with Gasteiger partial charge < -0.3 is 5.73 Å². The van der Waals surface area contributed by atoms with Crippen LogP contribution in [-0.4, -0.2) is 20.8 Å². The van der Waals surface area contributed by atoms with Crippen LogP contribution in [-0.2, 0) is 13.5 Å². The van der Waals surface area contributed by atoms with Crippen LogP contribution >= 0.6 is 0 Å². The molecule has 0 bridgehead atoms. The Morgan fingerprint density at radius 2 is 2.29 bits per heavy atom. The molecule has 0 spiro atoms. The zero-order valence-electron chi connectivity index (χ0n) is 8.90. The minimum Gasteiger partial charge on any atom is -0.328 e. The fraction of sp³-hybridized carbons (Fsp3) is 0.800. The monoisotopic (exact) mass is 194 g/mol. The number of nitrogens with zero attached hydrogens (tertiary/aromatic N) is 3. The van der Waals surface area contributed by atoms with Crippen molar-refractivity contribution in [2.75, 3.05) is 0 Å². The molecule has 14 heavy (non-hydrogen) atoms. The summed E-state index contributed by atoms with van der Waals surface area (Å²) >= 11 is 0. The van der Waals surface area contributed by atoms with Crippen molar-refractivity contribution in [1.29, 1.82) is 0 Å². The van der Waals surface area contributed by atoms with E-state index in [0.717, 1.165) is 24.5 Å². The third-order valence-electron chi connectivity index (χ3n) is 2.64. The molecule has 1 unspecified atom stereocenters. The van der Waals surface area contributed by atoms with Crippen molar-refractivity contribution >= 4 is 0 Å². The Bertz CT molecular complexity index is 312. The number of hydrogen-bond donors (Lipinski definition) is 1. The van der Waals surface area contributed by atoms with Crippen molar-refractivity contribution in [2.45, 2.75) is 44.6 Å². The average molecular weight is 194 g/mol. The molecule has 1 aromatic heterocycles. The molecule has 0 saturated heterocycles. The van der Waals surface area contributed by atoms with E-state index in [-0.39, 0.29) is 6.04 Å². The summed E-state index contributed by atoms with van der Waals surface area (Å²) in [4.78, 5) is 4.54. The molecule has 4 nitrogen and oxygen atoms in total. The maximum Gasteiger partial charge on any atom is 0.154 e. The van der Waals surface area contributed by atoms with Crippen molar-refractivity contribution in [3.8, 4) is 0 Å². The lowest BCUT2D eigenvalue weighted by Gasteiger charge is -2.02. The van der Waals surface area contributed by atoms with E-state index in [9.17, 15) is 0 Å². The largest absolute Gasteiger partial charge is 0.328 e. The molecule has 1 aromatic rings. The van der Waals surface area contributed by atoms with Crippen LogP contribution in [0.3, 0.4) is 0 Å². The lowest BCUT2D eigenvalue weighted by Crippen LogP contribution is -2.16. The molecule has 1 fully saturated rings. The van der Waals surface area contributed by atoms with Crippen LogP contribution in [0.25, 0.3) is 0 Å². The Balaban J connectivity index is 2.01. The van der Waals surface area contributed by atoms with E-state index >= 15 is 0 Å². The van der Waals surface area contributed by atoms with Crippen LogP contribution in [0.1, 0.15) is 43.8 Å². The Hall–Kier alpha value is -0.900. The highest BCUT2D eigenvalue weighted by molar-refractivity contribution is 5.06. The Labute approximate surface area is 84.5 Å². The number of aryl methyl sites for hydroxylation is 2. The summed E-state index contributed by atoms with van der Waals surface area (Å²) < 4.78 is 1.90. The summed E-state index contributed by atoms with van der Waals surface area (Å²) in [6, 6.07) is 0.246. The van der Waals surface area contributed by atoms with Gasteiger partial charge in [-0.15, -0.1) is 0 Å². The van der Waals surface area contributed by atoms with Gasteiger partial charge in [-0.3, -0.25) is 4.68 Å². The molecule has 0 amide bonds. The Morgan fingerprint density at radius 3 is 2.86 bits per heavy atom. The minimum atomic E-state index is 0.246. The first-order valence-electron chi connectivity index (χ1n) is 5.32. The molecule has 78 valence electrons. The first kappa shape index (κ1) is 9.65. The lowest BCUT2D eigenvalue weighted by molar-refractivity contribution is 0.614. The van der Waals surface area contributed by atoms with E-state index in [1.807, 2.05) is 18.7 Å². The topological polar surface area (TPSA) is 56.7 Å². The van der Waals surface area contributed by atoms with Crippen molar-refractivity contribution in [3.63, 3.8) is 0 Å². The lowest BCUT2D eigenvalue weighted by atomic mass is 10.2. The molecule has 1 heterocycles. The van der Waals surface area contributed by atoms with Gasteiger partial charge in [0.25, 0.3) is 0 Å². The van der Waals surface area contributed by atoms with Gasteiger partial charge in [-0.2, -0.15) is 5.10 Å². The normalized spacial score (nSPS) is 18.5. The van der Waals surface area contributed by atoms with Crippen molar-refractivity contribution in [3.05, 3.63) is 11.6 Å². The number of nitrogens with two attached hydrogens (primary N) is 1. The first-order chi connectivity index (χ1) is 6.66. The highest BCUT2D eigenvalue weighted by atomic mass is 15.3. The zero-order valence-corrected chi connectivity index (χ0v) is 8.90. The minimum absolute atomic E-state index is 0.246. The molecule has 2 rings (SSSR count). The van der Waals surface area contributed by atoms with E-state index in [1.54, 1.807) is 0 Å². The highest BCUT2D eigenvalue weighted by Gasteiger charge is 2.28. The second-order valence-corrected chi connectivity index (χ2v) is 4.30. The van der Waals surface area contributed by atoms with Crippen molar-refractivity contribution < 1.29 is 0 Å². The Morgan fingerprint density at radius 1 is 1.57 bits per heavy atom. The van der Waals surface area contributed by atoms with Gasteiger partial charge in [-0.1, -0.05) is 0 Å². The van der Waals surface area contributed by atoms with E-state index in [0.29, 0.717) is 5.92 Å². The van der Waals surface area contributed by atoms with Gasteiger partial charge in [-0.25, -0.2) is 4.98 Å². The predicted molar refractivity (Wildman–Crippen MR) is 54.9 cm³/mol. The molecule has 0 radical (unpaired) electrons. The van der Waals surface area contributed by atoms with E-state index in [1.165, 1.54) is 12.8 Å². The zero-order chi connectivity index (χ0) is 10.1. The standard InChI is InChI=1S/C10H18N4/c1-7(11)3-6-9-12-10(8-4-5-8)13-14(9)2/h7-8H,3-6,11H2,1-2H3. The number of rotatable bonds is 4. The van der Waals surface area contributed by atoms with E-state index in [4.69, 9.17) is 5.73 Å². The van der Waals surface area contributed by atoms with Crippen LogP contribution in [0, 0.1) is 0 Å². The molecule has 1 saturated carbocycles. The Kier molecular flexibility index (Phi) is 2.54. The van der Waals surface area contributed by atoms with Gasteiger partial charge in [0.05, 0.1) is 0 Å². The summed E-state index contributed by atoms with van der Waals surface area (Å²) in [5.41, 5.74) is 5.71. The molecule has 1 atom stereocenters. The molecule has 0 aliphatic heterocycles. The summed E-state index contributed by atoms with van der Waals surface area (Å²) in [7, 11) is 1.97. The molecule has 4 heteroatoms. The van der Waals surface area contributed by atoms with Crippen molar-refractivity contribution in [2.24, 2.45) is 12.8 Å². The predicted octanol–water partition coefficient (Wildman–Crippen LogP) is 0.972. The summed E-state index contributed by atoms with van der Waals surface area (Å²) in [6.45, 7) is 2.03. The smallest absolute Gasteiger partial charge is 0.154 e. The van der Waals surface area contributed by atoms with Crippen LogP contribution in [0.15, 0.2) is 0 Å². The van der Waals surface area contributed by atoms with E-state index < -0.39 is 0 Å². The van der Waals surface area contributed by atoms with Gasteiger partial charge in [-0.05, 0) is 26.2 Å². The quantitative estimate of drug-likeness (QED) is 0.777. The summed E-state index contributed by atoms with van der Waals surface area (Å²) in [5, 5.41) is 4.42. The third-order valence-corrected chi connectivity index (χ3v) is 2.64. The van der Waals surface area contributed by atoms with Gasteiger partial charge in [0.1, 0.15) is 5.82 Å². The van der Waals surface area contributed by atoms with Gasteiger partial charge in [0.15, 0.2) is 5.82 Å². The highest BCUT2D eigenvalue weighted by Crippen LogP contribution is 2.38. The first-order valence-corrected chi connectivity index (χ1v) is 5.32. The van der Waals surface area contributed by atoms with Crippen LogP contribution in [0.5, 0.6) is 0 Å². The summed E-state index contributed by atoms with van der Waals surface area (Å²) in [5.74, 6) is 2.75. The second-order valence-electron chi connectivity index (χ2n) is 4.30. The molecular weight excluding hydrogens is 176 g/mol. The van der Waals surface area contributed by atoms with E-state index in [2.05, 4.69) is 10.1 Å². The molecule has 1 aliphatic rings. The van der Waals surface area contributed by atoms with Gasteiger partial charge in [0.2, 0.25) is 0 Å². The maximum absolute atomic E-state index is 5.71. The second kappa shape index (κ2) is 3.69. The third kappa shape index (κ3) is 2.12. The molecule has 2 N–H and O–H groups in total. The number of hydrogen-bond acceptors (Lipinski definition) is 3. The molecule has 1 aliphatic carbocycles. The van der Waals surface area contributed by atoms with Gasteiger partial charge >= 0.3 is 0 Å². The van der Waals surface area contributed by atoms with Crippen LogP contribution in [0.4, 0.5) is 0 Å². The van der Waals surface area contributed by atoms with Crippen molar-refractivity contribution in [1.82, 2.24) is 14.8 Å². The van der Waals surface area contributed by atoms with Crippen LogP contribution in [0.2, 0.25) is 0 Å². The average Bonchev–Trinajstić information content (AvgIpc) is 2.88. The van der Waals surface area contributed by atoms with Gasteiger partial charge in [0, 0.05) is 25.4 Å². The number of aromatic nitrogens is 3. The fourth-order valence-corrected chi connectivity index (χ4v) is 1.53.